The highest BCUT2D eigenvalue weighted by Crippen LogP contribution is 2.18. The number of carbonyl (C=O) groups is 1. The molecular formula is C17H18FN3O4S. The van der Waals surface area contributed by atoms with E-state index in [9.17, 15) is 17.6 Å². The van der Waals surface area contributed by atoms with E-state index in [1.165, 1.54) is 56.6 Å². The maximum Gasteiger partial charge on any atom is 0.255 e. The third kappa shape index (κ3) is 4.87. The summed E-state index contributed by atoms with van der Waals surface area (Å²) >= 11 is 0. The standard InChI is InChI=1S/C17H18FN3O4S/c1-21(26(23,24)15-9-7-14(25-2)8-10-15)12-17(22)20-19-11-13-5-3-4-6-16(13)18/h3-11H,12H2,1-2H3,(H,20,22)/b19-11-. The summed E-state index contributed by atoms with van der Waals surface area (Å²) in [7, 11) is -1.09. The molecule has 9 heteroatoms. The molecule has 0 saturated heterocycles. The summed E-state index contributed by atoms with van der Waals surface area (Å²) in [5, 5.41) is 3.63. The number of ether oxygens (including phenoxy) is 1. The summed E-state index contributed by atoms with van der Waals surface area (Å²) in [6.45, 7) is -0.441. The van der Waals surface area contributed by atoms with Gasteiger partial charge in [-0.3, -0.25) is 4.79 Å². The van der Waals surface area contributed by atoms with Gasteiger partial charge in [0, 0.05) is 12.6 Å². The third-order valence-electron chi connectivity index (χ3n) is 3.43. The van der Waals surface area contributed by atoms with Crippen molar-refractivity contribution >= 4 is 22.1 Å². The van der Waals surface area contributed by atoms with Crippen LogP contribution in [0, 0.1) is 5.82 Å². The first-order valence-corrected chi connectivity index (χ1v) is 8.95. The largest absolute Gasteiger partial charge is 0.497 e. The molecule has 1 amide bonds. The highest BCUT2D eigenvalue weighted by molar-refractivity contribution is 7.89. The normalized spacial score (nSPS) is 11.7. The number of nitrogens with one attached hydrogen (secondary N) is 1. The number of rotatable bonds is 7. The molecule has 2 rings (SSSR count). The second kappa shape index (κ2) is 8.54. The number of hydrogen-bond donors (Lipinski definition) is 1. The number of amides is 1. The Morgan fingerprint density at radius 2 is 1.88 bits per heavy atom. The van der Waals surface area contributed by atoms with Crippen LogP contribution >= 0.6 is 0 Å². The quantitative estimate of drug-likeness (QED) is 0.585. The number of halogens is 1. The summed E-state index contributed by atoms with van der Waals surface area (Å²) in [5.41, 5.74) is 2.37. The molecule has 26 heavy (non-hydrogen) atoms. The predicted octanol–water partition coefficient (Wildman–Crippen LogP) is 1.61. The van der Waals surface area contributed by atoms with Crippen LogP contribution in [-0.2, 0) is 14.8 Å². The zero-order valence-corrected chi connectivity index (χ0v) is 15.0. The minimum Gasteiger partial charge on any atom is -0.497 e. The van der Waals surface area contributed by atoms with Gasteiger partial charge in [-0.15, -0.1) is 0 Å². The van der Waals surface area contributed by atoms with Crippen molar-refractivity contribution in [3.63, 3.8) is 0 Å². The lowest BCUT2D eigenvalue weighted by atomic mass is 10.2. The molecule has 7 nitrogen and oxygen atoms in total. The molecule has 0 bridgehead atoms. The van der Waals surface area contributed by atoms with Crippen molar-refractivity contribution in [2.45, 2.75) is 4.90 Å². The zero-order chi connectivity index (χ0) is 19.2. The van der Waals surface area contributed by atoms with Crippen molar-refractivity contribution in [3.05, 3.63) is 59.9 Å². The molecule has 0 fully saturated rings. The van der Waals surface area contributed by atoms with E-state index < -0.39 is 28.3 Å². The van der Waals surface area contributed by atoms with Crippen LogP contribution in [0.5, 0.6) is 5.75 Å². The fourth-order valence-corrected chi connectivity index (χ4v) is 3.13. The van der Waals surface area contributed by atoms with Crippen LogP contribution in [0.15, 0.2) is 58.5 Å². The van der Waals surface area contributed by atoms with Crippen molar-refractivity contribution in [2.24, 2.45) is 5.10 Å². The van der Waals surface area contributed by atoms with Gasteiger partial charge in [0.15, 0.2) is 0 Å². The monoisotopic (exact) mass is 379 g/mol. The Labute approximate surface area is 151 Å². The second-order valence-electron chi connectivity index (χ2n) is 5.25. The molecule has 0 heterocycles. The zero-order valence-electron chi connectivity index (χ0n) is 14.2. The molecule has 2 aromatic rings. The van der Waals surface area contributed by atoms with E-state index in [1.54, 1.807) is 6.07 Å². The molecule has 0 aliphatic carbocycles. The van der Waals surface area contributed by atoms with Crippen molar-refractivity contribution in [3.8, 4) is 5.75 Å². The number of methoxy groups -OCH3 is 1. The smallest absolute Gasteiger partial charge is 0.255 e. The van der Waals surface area contributed by atoms with Crippen LogP contribution in [0.25, 0.3) is 0 Å². The average Bonchev–Trinajstić information content (AvgIpc) is 2.63. The Balaban J connectivity index is 1.98. The van der Waals surface area contributed by atoms with Gasteiger partial charge in [0.1, 0.15) is 11.6 Å². The number of nitrogens with zero attached hydrogens (tertiary/aromatic N) is 2. The minimum atomic E-state index is -3.84. The van der Waals surface area contributed by atoms with E-state index in [0.717, 1.165) is 10.5 Å². The van der Waals surface area contributed by atoms with Gasteiger partial charge in [-0.1, -0.05) is 18.2 Å². The third-order valence-corrected chi connectivity index (χ3v) is 5.25. The maximum absolute atomic E-state index is 13.4. The van der Waals surface area contributed by atoms with Crippen molar-refractivity contribution in [1.29, 1.82) is 0 Å². The number of hydrogen-bond acceptors (Lipinski definition) is 5. The molecule has 1 N–H and O–H groups in total. The Kier molecular flexibility index (Phi) is 6.42. The van der Waals surface area contributed by atoms with Crippen molar-refractivity contribution < 1.29 is 22.3 Å². The number of carbonyl (C=O) groups excluding carboxylic acids is 1. The SMILES string of the molecule is COc1ccc(S(=O)(=O)N(C)CC(=O)N/N=C\c2ccccc2F)cc1. The molecule has 0 atom stereocenters. The van der Waals surface area contributed by atoms with Gasteiger partial charge < -0.3 is 4.74 Å². The highest BCUT2D eigenvalue weighted by Gasteiger charge is 2.22. The molecule has 0 saturated carbocycles. The summed E-state index contributed by atoms with van der Waals surface area (Å²) in [4.78, 5) is 11.9. The van der Waals surface area contributed by atoms with Crippen LogP contribution in [0.1, 0.15) is 5.56 Å². The molecule has 2 aromatic carbocycles. The minimum absolute atomic E-state index is 0.0310. The van der Waals surface area contributed by atoms with Crippen LogP contribution < -0.4 is 10.2 Å². The lowest BCUT2D eigenvalue weighted by Gasteiger charge is -2.16. The molecule has 0 radical (unpaired) electrons. The van der Waals surface area contributed by atoms with E-state index in [4.69, 9.17) is 4.74 Å². The molecule has 0 unspecified atom stereocenters. The van der Waals surface area contributed by atoms with Gasteiger partial charge in [-0.2, -0.15) is 9.41 Å². The lowest BCUT2D eigenvalue weighted by Crippen LogP contribution is -2.36. The number of sulfonamides is 1. The van der Waals surface area contributed by atoms with Gasteiger partial charge in [0.05, 0.1) is 24.8 Å². The van der Waals surface area contributed by atoms with Crippen molar-refractivity contribution in [1.82, 2.24) is 9.73 Å². The van der Waals surface area contributed by atoms with Crippen LogP contribution in [0.2, 0.25) is 0 Å². The second-order valence-corrected chi connectivity index (χ2v) is 7.30. The van der Waals surface area contributed by atoms with E-state index in [1.807, 2.05) is 0 Å². The highest BCUT2D eigenvalue weighted by atomic mass is 32.2. The van der Waals surface area contributed by atoms with E-state index >= 15 is 0 Å². The molecule has 0 aliphatic rings. The summed E-state index contributed by atoms with van der Waals surface area (Å²) in [5.74, 6) is -0.617. The molecule has 138 valence electrons. The van der Waals surface area contributed by atoms with E-state index in [2.05, 4.69) is 10.5 Å². The Morgan fingerprint density at radius 3 is 2.50 bits per heavy atom. The maximum atomic E-state index is 13.4. The van der Waals surface area contributed by atoms with Crippen LogP contribution in [-0.4, -0.2) is 45.5 Å². The molecule has 0 aliphatic heterocycles. The first kappa shape index (κ1) is 19.5. The van der Waals surface area contributed by atoms with Crippen LogP contribution in [0.3, 0.4) is 0 Å². The number of benzene rings is 2. The summed E-state index contributed by atoms with van der Waals surface area (Å²) < 4.78 is 44.1. The van der Waals surface area contributed by atoms with Gasteiger partial charge in [0.2, 0.25) is 10.0 Å². The van der Waals surface area contributed by atoms with E-state index in [0.29, 0.717) is 5.75 Å². The topological polar surface area (TPSA) is 88.1 Å². The Hall–Kier alpha value is -2.78. The summed E-state index contributed by atoms with van der Waals surface area (Å²) in [6, 6.07) is 11.7. The van der Waals surface area contributed by atoms with Crippen LogP contribution in [0.4, 0.5) is 4.39 Å². The first-order valence-electron chi connectivity index (χ1n) is 7.51. The molecular weight excluding hydrogens is 361 g/mol. The molecule has 0 spiro atoms. The van der Waals surface area contributed by atoms with Gasteiger partial charge >= 0.3 is 0 Å². The predicted molar refractivity (Wildman–Crippen MR) is 94.9 cm³/mol. The first-order chi connectivity index (χ1) is 12.3. The van der Waals surface area contributed by atoms with Gasteiger partial charge in [0.25, 0.3) is 5.91 Å². The van der Waals surface area contributed by atoms with Gasteiger partial charge in [-0.05, 0) is 30.3 Å². The fourth-order valence-electron chi connectivity index (χ4n) is 2.00. The fraction of sp³-hybridized carbons (Fsp3) is 0.176. The lowest BCUT2D eigenvalue weighted by molar-refractivity contribution is -0.121. The number of likely N-dealkylation sites (N-methyl/N-ethyl adjacent to an activating group) is 1. The number of hydrazone groups is 1. The Morgan fingerprint density at radius 1 is 1.23 bits per heavy atom. The van der Waals surface area contributed by atoms with Gasteiger partial charge in [-0.25, -0.2) is 18.2 Å². The molecule has 0 aromatic heterocycles. The van der Waals surface area contributed by atoms with E-state index in [-0.39, 0.29) is 10.5 Å². The average molecular weight is 379 g/mol. The summed E-state index contributed by atoms with van der Waals surface area (Å²) in [6.07, 6.45) is 1.14. The Bertz CT molecular complexity index is 898. The van der Waals surface area contributed by atoms with Crippen molar-refractivity contribution in [2.75, 3.05) is 20.7 Å².